The summed E-state index contributed by atoms with van der Waals surface area (Å²) in [6.07, 6.45) is 2.83. The number of amides is 2. The number of aryl methyl sites for hydroxylation is 1. The summed E-state index contributed by atoms with van der Waals surface area (Å²) in [4.78, 5) is 29.3. The lowest BCUT2D eigenvalue weighted by Gasteiger charge is -2.13. The number of carbonyl (C=O) groups is 2. The van der Waals surface area contributed by atoms with Crippen molar-refractivity contribution < 1.29 is 14.8 Å². The minimum atomic E-state index is -0.624. The van der Waals surface area contributed by atoms with Gasteiger partial charge in [0.1, 0.15) is 11.9 Å². The predicted octanol–water partition coefficient (Wildman–Crippen LogP) is 4.02. The Morgan fingerprint density at radius 1 is 0.973 bits per heavy atom. The van der Waals surface area contributed by atoms with E-state index in [1.807, 2.05) is 66.1 Å². The highest BCUT2D eigenvalue weighted by Crippen LogP contribution is 2.32. The van der Waals surface area contributed by atoms with Crippen LogP contribution >= 0.6 is 0 Å². The van der Waals surface area contributed by atoms with Gasteiger partial charge in [-0.05, 0) is 36.8 Å². The smallest absolute Gasteiger partial charge is 0.267 e. The summed E-state index contributed by atoms with van der Waals surface area (Å²) in [7, 11) is 0. The highest BCUT2D eigenvalue weighted by atomic mass is 16.5. The Bertz CT molecular complexity index is 1510. The number of hydrogen-bond acceptors (Lipinski definition) is 6. The Kier molecular flexibility index (Phi) is 6.69. The van der Waals surface area contributed by atoms with Gasteiger partial charge >= 0.3 is 0 Å². The molecule has 2 heterocycles. The molecule has 4 aromatic rings. The van der Waals surface area contributed by atoms with Crippen LogP contribution in [0.4, 0.5) is 5.69 Å². The minimum Gasteiger partial charge on any atom is -0.326 e. The second kappa shape index (κ2) is 10.4. The van der Waals surface area contributed by atoms with E-state index in [2.05, 4.69) is 15.5 Å². The van der Waals surface area contributed by atoms with E-state index in [1.54, 1.807) is 30.3 Å². The molecule has 1 aromatic heterocycles. The third-order valence-corrected chi connectivity index (χ3v) is 5.99. The number of fused-ring (bicyclic) bond motifs is 3. The Morgan fingerprint density at radius 2 is 1.70 bits per heavy atom. The van der Waals surface area contributed by atoms with E-state index in [1.165, 1.54) is 11.6 Å². The summed E-state index contributed by atoms with van der Waals surface area (Å²) in [6, 6.07) is 24.3. The number of hydrogen-bond donors (Lipinski definition) is 3. The molecule has 9 heteroatoms. The molecule has 0 radical (unpaired) electrons. The number of carbonyl (C=O) groups excluding carboxylic acids is 2. The van der Waals surface area contributed by atoms with Crippen LogP contribution in [0.1, 0.15) is 40.8 Å². The highest BCUT2D eigenvalue weighted by molar-refractivity contribution is 6.15. The third kappa shape index (κ3) is 5.07. The van der Waals surface area contributed by atoms with Crippen molar-refractivity contribution in [1.29, 1.82) is 0 Å². The topological polar surface area (TPSA) is 122 Å². The van der Waals surface area contributed by atoms with E-state index in [0.29, 0.717) is 11.5 Å². The normalized spacial score (nSPS) is 14.3. The van der Waals surface area contributed by atoms with Crippen LogP contribution in [0, 0.1) is 6.92 Å². The van der Waals surface area contributed by atoms with Crippen molar-refractivity contribution >= 4 is 29.3 Å². The van der Waals surface area contributed by atoms with Crippen LogP contribution in [0.5, 0.6) is 0 Å². The van der Waals surface area contributed by atoms with Gasteiger partial charge in [0, 0.05) is 22.9 Å². The molecule has 1 aliphatic heterocycles. The molecule has 2 amide bonds. The van der Waals surface area contributed by atoms with Crippen molar-refractivity contribution in [3.05, 3.63) is 113 Å². The number of hydroxylamine groups is 1. The standard InChI is InChI=1S/C28H24N6O3/c1-18-31-32-28-23(17-26(36)29-21-14-11-19(12-15-21)13-16-25(35)33-37)30-27(20-7-3-2-4-8-20)22-9-5-6-10-24(22)34(18)28/h2-16,23,37H,17H2,1H3,(H,29,36)(H,33,35)/b16-13+/t23-/m0/s1. The summed E-state index contributed by atoms with van der Waals surface area (Å²) < 4.78 is 1.97. The van der Waals surface area contributed by atoms with Crippen LogP contribution in [0.25, 0.3) is 11.8 Å². The summed E-state index contributed by atoms with van der Waals surface area (Å²) in [6.45, 7) is 1.89. The first-order valence-corrected chi connectivity index (χ1v) is 11.7. The molecule has 0 fully saturated rings. The van der Waals surface area contributed by atoms with Gasteiger partial charge in [-0.15, -0.1) is 10.2 Å². The summed E-state index contributed by atoms with van der Waals surface area (Å²) in [5.74, 6) is 0.480. The lowest BCUT2D eigenvalue weighted by atomic mass is 10.0. The third-order valence-electron chi connectivity index (χ3n) is 5.99. The average molecular weight is 493 g/mol. The number of rotatable bonds is 6. The van der Waals surface area contributed by atoms with Crippen molar-refractivity contribution in [3.63, 3.8) is 0 Å². The molecule has 0 saturated heterocycles. The van der Waals surface area contributed by atoms with Crippen molar-refractivity contribution in [2.45, 2.75) is 19.4 Å². The van der Waals surface area contributed by atoms with Crippen LogP contribution in [-0.2, 0) is 9.59 Å². The second-order valence-electron chi connectivity index (χ2n) is 8.50. The quantitative estimate of drug-likeness (QED) is 0.213. The van der Waals surface area contributed by atoms with Gasteiger partial charge < -0.3 is 5.32 Å². The summed E-state index contributed by atoms with van der Waals surface area (Å²) in [5.41, 5.74) is 6.50. The largest absolute Gasteiger partial charge is 0.326 e. The van der Waals surface area contributed by atoms with Gasteiger partial charge in [0.15, 0.2) is 5.82 Å². The van der Waals surface area contributed by atoms with Gasteiger partial charge in [-0.25, -0.2) is 5.48 Å². The van der Waals surface area contributed by atoms with E-state index in [-0.39, 0.29) is 12.3 Å². The Hall–Kier alpha value is -4.89. The molecule has 9 nitrogen and oxygen atoms in total. The van der Waals surface area contributed by atoms with E-state index < -0.39 is 11.9 Å². The molecule has 0 bridgehead atoms. The Morgan fingerprint density at radius 3 is 2.46 bits per heavy atom. The van der Waals surface area contributed by atoms with E-state index in [0.717, 1.165) is 33.9 Å². The van der Waals surface area contributed by atoms with Crippen molar-refractivity contribution in [3.8, 4) is 5.69 Å². The number of anilines is 1. The zero-order valence-electron chi connectivity index (χ0n) is 20.0. The van der Waals surface area contributed by atoms with Gasteiger partial charge in [0.25, 0.3) is 5.91 Å². The lowest BCUT2D eigenvalue weighted by Crippen LogP contribution is -2.17. The van der Waals surface area contributed by atoms with Gasteiger partial charge in [-0.2, -0.15) is 0 Å². The lowest BCUT2D eigenvalue weighted by molar-refractivity contribution is -0.124. The van der Waals surface area contributed by atoms with E-state index in [4.69, 9.17) is 10.2 Å². The van der Waals surface area contributed by atoms with Crippen molar-refractivity contribution in [2.24, 2.45) is 4.99 Å². The van der Waals surface area contributed by atoms with Gasteiger partial charge in [0.05, 0.1) is 17.8 Å². The number of para-hydroxylation sites is 1. The molecular weight excluding hydrogens is 468 g/mol. The molecule has 3 aromatic carbocycles. The molecule has 0 aliphatic carbocycles. The first-order chi connectivity index (χ1) is 18.0. The predicted molar refractivity (Wildman–Crippen MR) is 140 cm³/mol. The van der Waals surface area contributed by atoms with Crippen LogP contribution in [0.15, 0.2) is 89.9 Å². The Labute approximate surface area is 213 Å². The maximum absolute atomic E-state index is 13.1. The number of nitrogens with zero attached hydrogens (tertiary/aromatic N) is 4. The minimum absolute atomic E-state index is 0.0702. The SMILES string of the molecule is Cc1nnc2n1-c1ccccc1C(c1ccccc1)=N[C@H]2CC(=O)Nc1ccc(/C=C/C(=O)NO)cc1. The average Bonchev–Trinajstić information content (AvgIpc) is 3.25. The molecule has 5 rings (SSSR count). The summed E-state index contributed by atoms with van der Waals surface area (Å²) in [5, 5.41) is 20.2. The number of aromatic nitrogens is 3. The molecule has 184 valence electrons. The fourth-order valence-corrected chi connectivity index (χ4v) is 4.28. The monoisotopic (exact) mass is 492 g/mol. The van der Waals surface area contributed by atoms with Crippen molar-refractivity contribution in [2.75, 3.05) is 5.32 Å². The molecule has 0 spiro atoms. The number of nitrogens with one attached hydrogen (secondary N) is 2. The zero-order chi connectivity index (χ0) is 25.8. The molecule has 1 atom stereocenters. The fraction of sp³-hybridized carbons (Fsp3) is 0.107. The van der Waals surface area contributed by atoms with Gasteiger partial charge in [0.2, 0.25) is 5.91 Å². The molecule has 3 N–H and O–H groups in total. The molecule has 37 heavy (non-hydrogen) atoms. The molecule has 0 saturated carbocycles. The van der Waals surface area contributed by atoms with E-state index in [9.17, 15) is 9.59 Å². The summed E-state index contributed by atoms with van der Waals surface area (Å²) >= 11 is 0. The fourth-order valence-electron chi connectivity index (χ4n) is 4.28. The number of aliphatic imine (C=N–C) groups is 1. The number of benzene rings is 3. The zero-order valence-corrected chi connectivity index (χ0v) is 20.0. The maximum Gasteiger partial charge on any atom is 0.267 e. The maximum atomic E-state index is 13.1. The highest BCUT2D eigenvalue weighted by Gasteiger charge is 2.29. The van der Waals surface area contributed by atoms with Crippen LogP contribution < -0.4 is 10.8 Å². The van der Waals surface area contributed by atoms with Crippen LogP contribution in [-0.4, -0.2) is 37.5 Å². The van der Waals surface area contributed by atoms with Gasteiger partial charge in [-0.1, -0.05) is 60.7 Å². The molecule has 1 aliphatic rings. The Balaban J connectivity index is 1.44. The first-order valence-electron chi connectivity index (χ1n) is 11.7. The second-order valence-corrected chi connectivity index (χ2v) is 8.50. The van der Waals surface area contributed by atoms with Crippen LogP contribution in [0.2, 0.25) is 0 Å². The molecule has 0 unspecified atom stereocenters. The van der Waals surface area contributed by atoms with Crippen LogP contribution in [0.3, 0.4) is 0 Å². The van der Waals surface area contributed by atoms with Gasteiger partial charge in [-0.3, -0.25) is 24.4 Å². The molecular formula is C28H24N6O3. The van der Waals surface area contributed by atoms with E-state index >= 15 is 0 Å². The van der Waals surface area contributed by atoms with Crippen molar-refractivity contribution in [1.82, 2.24) is 20.2 Å². The first kappa shape index (κ1) is 23.8.